The molecule has 0 N–H and O–H groups in total. The van der Waals surface area contributed by atoms with E-state index in [4.69, 9.17) is 19.4 Å². The maximum Gasteiger partial charge on any atom is 0.238 e. The normalized spacial score (nSPS) is 12.6. The van der Waals surface area contributed by atoms with Crippen LogP contribution in [0.1, 0.15) is 17.7 Å². The van der Waals surface area contributed by atoms with Gasteiger partial charge >= 0.3 is 0 Å². The SMILES string of the molecule is C1=Cc2oc3cc(-c4nc(-c5ccccc5)nc(-n5c6c(-c7cccc(-c8cccc9c8sc8ccccc89)c7)cccc6c6ccc7ccccc7c65)n4)ccc3c2C=CC1. The Hall–Kier alpha value is -7.93. The number of thiophene rings is 1. The molecule has 1 aliphatic rings. The van der Waals surface area contributed by atoms with Gasteiger partial charge in [-0.05, 0) is 58.8 Å². The Bertz CT molecular complexity index is 3850. The summed E-state index contributed by atoms with van der Waals surface area (Å²) < 4.78 is 11.3. The van der Waals surface area contributed by atoms with Crippen LogP contribution in [-0.4, -0.2) is 19.5 Å². The van der Waals surface area contributed by atoms with Gasteiger partial charge in [-0.15, -0.1) is 11.3 Å². The van der Waals surface area contributed by atoms with Crippen LogP contribution < -0.4 is 0 Å². The number of hydrogen-bond acceptors (Lipinski definition) is 5. The highest BCUT2D eigenvalue weighted by Gasteiger charge is 2.23. The molecule has 0 radical (unpaired) electrons. The second-order valence-electron chi connectivity index (χ2n) is 15.9. The number of aromatic nitrogens is 4. The summed E-state index contributed by atoms with van der Waals surface area (Å²) in [6.45, 7) is 0. The van der Waals surface area contributed by atoms with Crippen LogP contribution in [0.25, 0.3) is 127 Å². The van der Waals surface area contributed by atoms with Crippen LogP contribution in [0.2, 0.25) is 0 Å². The van der Waals surface area contributed by atoms with Crippen molar-refractivity contribution in [1.82, 2.24) is 19.5 Å². The number of fused-ring (bicyclic) bond motifs is 11. The highest BCUT2D eigenvalue weighted by Crippen LogP contribution is 2.44. The monoisotopic (exact) mass is 810 g/mol. The van der Waals surface area contributed by atoms with Crippen molar-refractivity contribution < 1.29 is 4.42 Å². The largest absolute Gasteiger partial charge is 0.456 e. The fourth-order valence-electron chi connectivity index (χ4n) is 9.41. The van der Waals surface area contributed by atoms with Gasteiger partial charge in [-0.25, -0.2) is 4.98 Å². The molecule has 5 nitrogen and oxygen atoms in total. The van der Waals surface area contributed by atoms with Crippen LogP contribution in [0, 0.1) is 0 Å². The summed E-state index contributed by atoms with van der Waals surface area (Å²) in [5, 5.41) is 8.18. The van der Waals surface area contributed by atoms with Gasteiger partial charge in [0.25, 0.3) is 0 Å². The topological polar surface area (TPSA) is 56.7 Å². The van der Waals surface area contributed by atoms with Crippen molar-refractivity contribution in [3.8, 4) is 51.0 Å². The molecule has 8 aromatic carbocycles. The number of allylic oxidation sites excluding steroid dienone is 2. The molecule has 0 aliphatic heterocycles. The molecule has 0 amide bonds. The van der Waals surface area contributed by atoms with Crippen LogP contribution in [-0.2, 0) is 0 Å². The third-order valence-corrected chi connectivity index (χ3v) is 13.5. The van der Waals surface area contributed by atoms with Gasteiger partial charge in [0, 0.05) is 64.0 Å². The molecule has 12 aromatic rings. The molecule has 0 spiro atoms. The fourth-order valence-corrected chi connectivity index (χ4v) is 10.6. The first-order chi connectivity index (χ1) is 30.7. The van der Waals surface area contributed by atoms with Gasteiger partial charge in [0.15, 0.2) is 11.6 Å². The van der Waals surface area contributed by atoms with E-state index in [1.54, 1.807) is 0 Å². The van der Waals surface area contributed by atoms with Crippen molar-refractivity contribution in [2.45, 2.75) is 6.42 Å². The number of para-hydroxylation sites is 1. The molecule has 6 heteroatoms. The first kappa shape index (κ1) is 34.9. The predicted molar refractivity (Wildman–Crippen MR) is 259 cm³/mol. The standard InChI is InChI=1S/C56H34N4OS/c1-3-15-35(16-4-1)54-57-55(38-29-30-43-42-20-5-2-6-26-48(42)61-49(43)33-38)59-56(58-54)60-51-39-19-8-7-14-34(39)28-31-46(51)45-24-12-22-40(52(45)60)36-17-11-18-37(32-36)41-23-13-25-47-44-21-9-10-27-50(44)62-53(41)47/h1,3-33H,2H2. The average Bonchev–Trinajstić information content (AvgIpc) is 3.94. The molecular weight excluding hydrogens is 777 g/mol. The van der Waals surface area contributed by atoms with E-state index < -0.39 is 0 Å². The number of benzene rings is 8. The molecule has 4 heterocycles. The van der Waals surface area contributed by atoms with E-state index in [1.165, 1.54) is 31.3 Å². The van der Waals surface area contributed by atoms with Gasteiger partial charge in [-0.3, -0.25) is 4.57 Å². The van der Waals surface area contributed by atoms with Gasteiger partial charge in [0.2, 0.25) is 5.95 Å². The lowest BCUT2D eigenvalue weighted by Crippen LogP contribution is -2.07. The lowest BCUT2D eigenvalue weighted by Gasteiger charge is -2.14. The maximum absolute atomic E-state index is 6.44. The molecular formula is C56H34N4OS. The lowest BCUT2D eigenvalue weighted by molar-refractivity contribution is 0.603. The molecule has 290 valence electrons. The van der Waals surface area contributed by atoms with E-state index in [1.807, 2.05) is 29.5 Å². The van der Waals surface area contributed by atoms with Crippen molar-refractivity contribution in [2.24, 2.45) is 0 Å². The Labute approximate surface area is 360 Å². The molecule has 1 aliphatic carbocycles. The molecule has 0 saturated carbocycles. The maximum atomic E-state index is 6.44. The van der Waals surface area contributed by atoms with Gasteiger partial charge in [-0.1, -0.05) is 164 Å². The van der Waals surface area contributed by atoms with Crippen LogP contribution in [0.5, 0.6) is 0 Å². The molecule has 0 saturated heterocycles. The van der Waals surface area contributed by atoms with E-state index in [9.17, 15) is 0 Å². The van der Waals surface area contributed by atoms with E-state index in [-0.39, 0.29) is 0 Å². The minimum Gasteiger partial charge on any atom is -0.456 e. The zero-order chi connectivity index (χ0) is 40.7. The summed E-state index contributed by atoms with van der Waals surface area (Å²) >= 11 is 1.86. The predicted octanol–water partition coefficient (Wildman–Crippen LogP) is 15.3. The second kappa shape index (κ2) is 13.8. The molecule has 0 unspecified atom stereocenters. The third-order valence-electron chi connectivity index (χ3n) is 12.3. The Kier molecular flexibility index (Phi) is 7.77. The minimum absolute atomic E-state index is 0.546. The van der Waals surface area contributed by atoms with Crippen molar-refractivity contribution in [2.75, 3.05) is 0 Å². The number of hydrogen-bond donors (Lipinski definition) is 0. The zero-order valence-electron chi connectivity index (χ0n) is 33.3. The Morgan fingerprint density at radius 1 is 0.468 bits per heavy atom. The minimum atomic E-state index is 0.546. The Morgan fingerprint density at radius 3 is 2.05 bits per heavy atom. The van der Waals surface area contributed by atoms with Crippen LogP contribution in [0.4, 0.5) is 0 Å². The quantitative estimate of drug-likeness (QED) is 0.174. The zero-order valence-corrected chi connectivity index (χ0v) is 34.1. The van der Waals surface area contributed by atoms with Gasteiger partial charge in [0.1, 0.15) is 11.3 Å². The van der Waals surface area contributed by atoms with Crippen molar-refractivity contribution in [3.63, 3.8) is 0 Å². The molecule has 0 bridgehead atoms. The number of nitrogens with zero attached hydrogens (tertiary/aromatic N) is 4. The van der Waals surface area contributed by atoms with Crippen LogP contribution >= 0.6 is 11.3 Å². The summed E-state index contributed by atoms with van der Waals surface area (Å²) in [5.41, 5.74) is 10.4. The third kappa shape index (κ3) is 5.44. The Balaban J connectivity index is 1.08. The van der Waals surface area contributed by atoms with Crippen LogP contribution in [0.3, 0.4) is 0 Å². The summed E-state index contributed by atoms with van der Waals surface area (Å²) in [6, 6.07) is 60.5. The summed E-state index contributed by atoms with van der Waals surface area (Å²) in [6.07, 6.45) is 9.39. The number of furan rings is 1. The smallest absolute Gasteiger partial charge is 0.238 e. The fraction of sp³-hybridized carbons (Fsp3) is 0.0179. The highest BCUT2D eigenvalue weighted by molar-refractivity contribution is 7.26. The number of rotatable bonds is 5. The molecule has 13 rings (SSSR count). The van der Waals surface area contributed by atoms with E-state index >= 15 is 0 Å². The van der Waals surface area contributed by atoms with Gasteiger partial charge < -0.3 is 4.42 Å². The second-order valence-corrected chi connectivity index (χ2v) is 16.9. The average molecular weight is 811 g/mol. The first-order valence-electron chi connectivity index (χ1n) is 20.9. The summed E-state index contributed by atoms with van der Waals surface area (Å²) in [4.78, 5) is 15.9. The van der Waals surface area contributed by atoms with E-state index in [0.717, 1.165) is 83.5 Å². The van der Waals surface area contributed by atoms with E-state index in [2.05, 4.69) is 181 Å². The summed E-state index contributed by atoms with van der Waals surface area (Å²) in [7, 11) is 0. The molecule has 4 aromatic heterocycles. The Morgan fingerprint density at radius 2 is 1.15 bits per heavy atom. The van der Waals surface area contributed by atoms with Crippen molar-refractivity contribution in [3.05, 3.63) is 193 Å². The highest BCUT2D eigenvalue weighted by atomic mass is 32.1. The first-order valence-corrected chi connectivity index (χ1v) is 21.7. The molecule has 0 fully saturated rings. The lowest BCUT2D eigenvalue weighted by atomic mass is 9.96. The van der Waals surface area contributed by atoms with E-state index in [0.29, 0.717) is 17.6 Å². The summed E-state index contributed by atoms with van der Waals surface area (Å²) in [5.74, 6) is 2.57. The van der Waals surface area contributed by atoms with Crippen molar-refractivity contribution in [1.29, 1.82) is 0 Å². The van der Waals surface area contributed by atoms with Gasteiger partial charge in [0.05, 0.1) is 11.0 Å². The van der Waals surface area contributed by atoms with Gasteiger partial charge in [-0.2, -0.15) is 9.97 Å². The molecule has 0 atom stereocenters. The molecule has 62 heavy (non-hydrogen) atoms. The van der Waals surface area contributed by atoms with Crippen LogP contribution in [0.15, 0.2) is 186 Å². The van der Waals surface area contributed by atoms with Crippen molar-refractivity contribution >= 4 is 87.2 Å².